The maximum atomic E-state index is 7.17. The molecular weight excluding hydrogens is 476 g/mol. The molecule has 0 spiro atoms. The maximum absolute atomic E-state index is 7.17. The standard InChI is InChI=1S/C33H35N2O.C3H8/c1-2-21-9-3-4-12-24(21)29-27-19-22-10-5-15-34-17-7-13-25(30(22)34)32(27)36-33-26-14-8-18-35-16-6-11-23(31(26)35)20-28(29)33;1-3-2/h3-4,9,12,19-20H,2,5-8,10-11,13-18H2,1H3;3H2,1-2H3/q+1;. The molecule has 5 aliphatic rings. The first-order valence-corrected chi connectivity index (χ1v) is 15.7. The second-order valence-corrected chi connectivity index (χ2v) is 12.1. The molecule has 0 amide bonds. The van der Waals surface area contributed by atoms with Crippen molar-refractivity contribution in [3.05, 3.63) is 85.9 Å². The normalized spacial score (nSPS) is 18.2. The highest BCUT2D eigenvalue weighted by molar-refractivity contribution is 5.90. The number of benzene rings is 3. The van der Waals surface area contributed by atoms with Crippen molar-refractivity contribution in [1.29, 1.82) is 0 Å². The molecule has 3 heteroatoms. The maximum Gasteiger partial charge on any atom is 0.210 e. The molecular formula is C36H43N2O+. The topological polar surface area (TPSA) is 15.5 Å². The van der Waals surface area contributed by atoms with Crippen LogP contribution in [-0.4, -0.2) is 26.2 Å². The lowest BCUT2D eigenvalue weighted by Crippen LogP contribution is -2.45. The van der Waals surface area contributed by atoms with Gasteiger partial charge in [-0.25, -0.2) is 4.58 Å². The zero-order chi connectivity index (χ0) is 26.5. The predicted octanol–water partition coefficient (Wildman–Crippen LogP) is 6.10. The summed E-state index contributed by atoms with van der Waals surface area (Å²) in [5.41, 5.74) is 13.1. The number of fused-ring (bicyclic) bond motifs is 4. The Hall–Kier alpha value is -3.07. The van der Waals surface area contributed by atoms with Crippen LogP contribution in [0.15, 0.2) is 36.4 Å². The Kier molecular flexibility index (Phi) is 6.49. The van der Waals surface area contributed by atoms with E-state index in [2.05, 4.69) is 66.6 Å². The summed E-state index contributed by atoms with van der Waals surface area (Å²) >= 11 is 0. The molecule has 5 aliphatic heterocycles. The third-order valence-electron chi connectivity index (χ3n) is 9.36. The van der Waals surface area contributed by atoms with Gasteiger partial charge in [-0.05, 0) is 73.8 Å². The van der Waals surface area contributed by atoms with Crippen molar-refractivity contribution in [2.24, 2.45) is 0 Å². The fraction of sp³-hybridized carbons (Fsp3) is 0.472. The van der Waals surface area contributed by atoms with E-state index in [0.29, 0.717) is 0 Å². The van der Waals surface area contributed by atoms with Crippen molar-refractivity contribution in [2.75, 3.05) is 31.1 Å². The van der Waals surface area contributed by atoms with Gasteiger partial charge < -0.3 is 9.64 Å². The molecule has 3 aromatic rings. The number of ether oxygens (including phenoxy) is 1. The first-order valence-electron chi connectivity index (χ1n) is 15.7. The molecule has 0 unspecified atom stereocenters. The summed E-state index contributed by atoms with van der Waals surface area (Å²) in [6.07, 6.45) is 11.9. The SMILES string of the molecule is CCC.CCc1ccccc1C1=c2cc3c4c(c2Oc2c1cc1c5c2CCCN5CCC1)CCC[N+]=4CCC3. The number of anilines is 1. The molecule has 0 aromatic heterocycles. The lowest BCUT2D eigenvalue weighted by atomic mass is 9.81. The van der Waals surface area contributed by atoms with E-state index in [0.717, 1.165) is 30.8 Å². The molecule has 0 atom stereocenters. The minimum atomic E-state index is 1.04. The van der Waals surface area contributed by atoms with Gasteiger partial charge in [0.1, 0.15) is 24.6 Å². The van der Waals surface area contributed by atoms with Crippen LogP contribution in [0.5, 0.6) is 11.5 Å². The highest BCUT2D eigenvalue weighted by atomic mass is 16.5. The van der Waals surface area contributed by atoms with Crippen molar-refractivity contribution in [1.82, 2.24) is 4.58 Å². The van der Waals surface area contributed by atoms with Crippen molar-refractivity contribution < 1.29 is 4.74 Å². The van der Waals surface area contributed by atoms with Crippen LogP contribution in [0.2, 0.25) is 0 Å². The molecule has 39 heavy (non-hydrogen) atoms. The van der Waals surface area contributed by atoms with Gasteiger partial charge in [0.25, 0.3) is 0 Å². The van der Waals surface area contributed by atoms with Crippen molar-refractivity contribution in [3.8, 4) is 11.5 Å². The quantitative estimate of drug-likeness (QED) is 0.297. The van der Waals surface area contributed by atoms with Crippen LogP contribution in [0.1, 0.15) is 91.8 Å². The van der Waals surface area contributed by atoms with E-state index in [-0.39, 0.29) is 0 Å². The summed E-state index contributed by atoms with van der Waals surface area (Å²) in [4.78, 5) is 2.65. The van der Waals surface area contributed by atoms with Crippen LogP contribution in [0.3, 0.4) is 0 Å². The first-order chi connectivity index (χ1) is 19.2. The summed E-state index contributed by atoms with van der Waals surface area (Å²) in [7, 11) is 0. The zero-order valence-electron chi connectivity index (χ0n) is 24.2. The van der Waals surface area contributed by atoms with E-state index in [1.165, 1.54) is 121 Å². The third kappa shape index (κ3) is 3.95. The Morgan fingerprint density at radius 3 is 2.31 bits per heavy atom. The Balaban J connectivity index is 0.000000809. The molecule has 0 N–H and O–H groups in total. The molecule has 5 heterocycles. The Morgan fingerprint density at radius 2 is 1.49 bits per heavy atom. The molecule has 202 valence electrons. The number of rotatable bonds is 2. The molecule has 3 nitrogen and oxygen atoms in total. The van der Waals surface area contributed by atoms with Gasteiger partial charge in [0.05, 0.1) is 5.56 Å². The molecule has 0 bridgehead atoms. The number of nitrogens with zero attached hydrogens (tertiary/aromatic N) is 2. The lowest BCUT2D eigenvalue weighted by molar-refractivity contribution is 0.431. The fourth-order valence-corrected chi connectivity index (χ4v) is 7.88. The van der Waals surface area contributed by atoms with Crippen molar-refractivity contribution in [2.45, 2.75) is 85.0 Å². The second-order valence-electron chi connectivity index (χ2n) is 12.1. The zero-order valence-corrected chi connectivity index (χ0v) is 24.2. The van der Waals surface area contributed by atoms with Crippen LogP contribution in [0.4, 0.5) is 5.69 Å². The van der Waals surface area contributed by atoms with Gasteiger partial charge in [0.2, 0.25) is 5.36 Å². The van der Waals surface area contributed by atoms with E-state index in [4.69, 9.17) is 4.74 Å². The molecule has 8 rings (SSSR count). The predicted molar refractivity (Wildman–Crippen MR) is 162 cm³/mol. The molecule has 0 saturated heterocycles. The van der Waals surface area contributed by atoms with Crippen LogP contribution in [0.25, 0.3) is 5.57 Å². The van der Waals surface area contributed by atoms with Crippen LogP contribution < -0.4 is 24.8 Å². The Labute approximate surface area is 233 Å². The van der Waals surface area contributed by atoms with E-state index in [9.17, 15) is 0 Å². The van der Waals surface area contributed by atoms with Crippen LogP contribution >= 0.6 is 0 Å². The van der Waals surface area contributed by atoms with Gasteiger partial charge >= 0.3 is 0 Å². The summed E-state index contributed by atoms with van der Waals surface area (Å²) in [6.45, 7) is 11.3. The van der Waals surface area contributed by atoms with Gasteiger partial charge in [-0.3, -0.25) is 0 Å². The number of aryl methyl sites for hydroxylation is 3. The number of hydrogen-bond donors (Lipinski definition) is 0. The minimum absolute atomic E-state index is 1.04. The van der Waals surface area contributed by atoms with E-state index < -0.39 is 0 Å². The summed E-state index contributed by atoms with van der Waals surface area (Å²) in [5.74, 6) is 2.33. The van der Waals surface area contributed by atoms with Gasteiger partial charge in [-0.2, -0.15) is 0 Å². The molecule has 0 radical (unpaired) electrons. The van der Waals surface area contributed by atoms with Gasteiger partial charge in [-0.1, -0.05) is 51.5 Å². The van der Waals surface area contributed by atoms with E-state index >= 15 is 0 Å². The highest BCUT2D eigenvalue weighted by Crippen LogP contribution is 2.48. The van der Waals surface area contributed by atoms with Crippen LogP contribution in [0, 0.1) is 0 Å². The van der Waals surface area contributed by atoms with Crippen molar-refractivity contribution in [3.63, 3.8) is 0 Å². The van der Waals surface area contributed by atoms with E-state index in [1.54, 1.807) is 11.1 Å². The molecule has 3 aromatic carbocycles. The van der Waals surface area contributed by atoms with Crippen molar-refractivity contribution >= 4 is 11.3 Å². The minimum Gasteiger partial charge on any atom is -0.455 e. The van der Waals surface area contributed by atoms with E-state index in [1.807, 2.05) is 0 Å². The summed E-state index contributed by atoms with van der Waals surface area (Å²) < 4.78 is 9.82. The molecule has 0 saturated carbocycles. The number of hydrogen-bond acceptors (Lipinski definition) is 2. The van der Waals surface area contributed by atoms with Crippen LogP contribution in [-0.2, 0) is 32.1 Å². The molecule has 0 fully saturated rings. The smallest absolute Gasteiger partial charge is 0.210 e. The lowest BCUT2D eigenvalue weighted by Gasteiger charge is -2.39. The first kappa shape index (κ1) is 24.9. The average Bonchev–Trinajstić information content (AvgIpc) is 2.97. The Bertz CT molecular complexity index is 1570. The van der Waals surface area contributed by atoms with Gasteiger partial charge in [0.15, 0.2) is 0 Å². The monoisotopic (exact) mass is 519 g/mol. The largest absolute Gasteiger partial charge is 0.455 e. The highest BCUT2D eigenvalue weighted by Gasteiger charge is 2.35. The fourth-order valence-electron chi connectivity index (χ4n) is 7.88. The third-order valence-corrected chi connectivity index (χ3v) is 9.36. The summed E-state index contributed by atoms with van der Waals surface area (Å²) in [5, 5.41) is 2.85. The Morgan fingerprint density at radius 1 is 0.769 bits per heavy atom. The van der Waals surface area contributed by atoms with Gasteiger partial charge in [0, 0.05) is 59.1 Å². The summed E-state index contributed by atoms with van der Waals surface area (Å²) in [6, 6.07) is 14.2. The van der Waals surface area contributed by atoms with Gasteiger partial charge in [-0.15, -0.1) is 0 Å². The second kappa shape index (κ2) is 10.2. The molecule has 0 aliphatic carbocycles. The average molecular weight is 520 g/mol.